The number of hydrogen-bond acceptors (Lipinski definition) is 8. The third kappa shape index (κ3) is 5.41. The number of aromatic nitrogens is 4. The minimum absolute atomic E-state index is 0.214. The molecule has 10 nitrogen and oxygen atoms in total. The van der Waals surface area contributed by atoms with Gasteiger partial charge in [-0.3, -0.25) is 4.72 Å². The number of benzene rings is 1. The Balaban J connectivity index is 1.39. The lowest BCUT2D eigenvalue weighted by Crippen LogP contribution is -2.19. The van der Waals surface area contributed by atoms with Crippen molar-refractivity contribution in [1.29, 1.82) is 0 Å². The molecular weight excluding hydrogens is 551 g/mol. The number of ether oxygens (including phenoxy) is 3. The number of sulfonamides is 1. The summed E-state index contributed by atoms with van der Waals surface area (Å²) in [7, 11) is -3.40. The van der Waals surface area contributed by atoms with Gasteiger partial charge in [-0.05, 0) is 43.9 Å². The summed E-state index contributed by atoms with van der Waals surface area (Å²) in [4.78, 5) is 7.40. The molecule has 1 atom stereocenters. The molecule has 212 valence electrons. The monoisotopic (exact) mass is 577 g/mol. The van der Waals surface area contributed by atoms with Gasteiger partial charge in [0, 0.05) is 18.1 Å². The number of methoxy groups -OCH3 is 1. The lowest BCUT2D eigenvalue weighted by molar-refractivity contribution is -0.0372. The molecule has 0 aliphatic carbocycles. The molecule has 5 rings (SSSR count). The maximum absolute atomic E-state index is 15.3. The Bertz CT molecular complexity index is 1660. The smallest absolute Gasteiger partial charge is 0.267 e. The zero-order valence-electron chi connectivity index (χ0n) is 21.7. The molecule has 1 N–H and O–H groups in total. The Labute approximate surface area is 228 Å². The number of anilines is 1. The predicted molar refractivity (Wildman–Crippen MR) is 138 cm³/mol. The number of fused-ring (bicyclic) bond motifs is 1. The quantitative estimate of drug-likeness (QED) is 0.299. The van der Waals surface area contributed by atoms with Gasteiger partial charge in [0.05, 0.1) is 36.4 Å². The fourth-order valence-electron chi connectivity index (χ4n) is 4.44. The summed E-state index contributed by atoms with van der Waals surface area (Å²) in [5.41, 5.74) is 0.304. The first-order chi connectivity index (χ1) is 19.2. The first kappa shape index (κ1) is 27.6. The van der Waals surface area contributed by atoms with Crippen molar-refractivity contribution in [2.75, 3.05) is 18.4 Å². The number of nitrogens with one attached hydrogen (secondary N) is 1. The van der Waals surface area contributed by atoms with Crippen LogP contribution in [0, 0.1) is 17.5 Å². The van der Waals surface area contributed by atoms with Gasteiger partial charge in [0.2, 0.25) is 5.88 Å². The zero-order chi connectivity index (χ0) is 28.4. The van der Waals surface area contributed by atoms with Gasteiger partial charge in [-0.25, -0.2) is 36.2 Å². The maximum atomic E-state index is 15.3. The van der Waals surface area contributed by atoms with Gasteiger partial charge in [0.15, 0.2) is 22.6 Å². The molecule has 0 saturated carbocycles. The minimum atomic E-state index is -4.55. The van der Waals surface area contributed by atoms with Crippen LogP contribution in [0.5, 0.6) is 11.6 Å². The van der Waals surface area contributed by atoms with Crippen molar-refractivity contribution >= 4 is 26.7 Å². The summed E-state index contributed by atoms with van der Waals surface area (Å²) >= 11 is 0. The number of hydrogen-bond donors (Lipinski definition) is 1. The molecule has 0 spiro atoms. The van der Waals surface area contributed by atoms with Gasteiger partial charge in [-0.2, -0.15) is 5.10 Å². The highest BCUT2D eigenvalue weighted by molar-refractivity contribution is 7.92. The number of nitrogens with zero attached hydrogens (tertiary/aromatic N) is 4. The van der Waals surface area contributed by atoms with E-state index in [4.69, 9.17) is 14.2 Å². The molecular formula is C26H26F3N5O5S. The largest absolute Gasteiger partial charge is 0.487 e. The molecule has 0 radical (unpaired) electrons. The Kier molecular flexibility index (Phi) is 7.81. The molecule has 1 fully saturated rings. The average Bonchev–Trinajstić information content (AvgIpc) is 3.33. The highest BCUT2D eigenvalue weighted by Gasteiger charge is 2.26. The maximum Gasteiger partial charge on any atom is 0.267 e. The molecule has 4 aromatic rings. The number of aryl methyl sites for hydroxylation is 1. The SMILES string of the molecule is CCc1nn(C2CCCCO2)c2ncc(OCc3c(F)ccc(NS(=O)(=O)c4cc(F)cnc4OC)c3F)cc12. The van der Waals surface area contributed by atoms with Crippen LogP contribution in [0.1, 0.15) is 43.7 Å². The second kappa shape index (κ2) is 11.3. The molecule has 0 bridgehead atoms. The summed E-state index contributed by atoms with van der Waals surface area (Å²) < 4.78 is 89.5. The van der Waals surface area contributed by atoms with Crippen LogP contribution in [0.2, 0.25) is 0 Å². The van der Waals surface area contributed by atoms with Crippen LogP contribution in [0.3, 0.4) is 0 Å². The van der Waals surface area contributed by atoms with Crippen molar-refractivity contribution in [2.24, 2.45) is 0 Å². The van der Waals surface area contributed by atoms with Crippen LogP contribution in [0.25, 0.3) is 11.0 Å². The lowest BCUT2D eigenvalue weighted by Gasteiger charge is -2.23. The summed E-state index contributed by atoms with van der Waals surface area (Å²) in [5, 5.41) is 5.39. The Morgan fingerprint density at radius 3 is 2.70 bits per heavy atom. The lowest BCUT2D eigenvalue weighted by atomic mass is 10.2. The van der Waals surface area contributed by atoms with E-state index in [1.54, 1.807) is 10.7 Å². The van der Waals surface area contributed by atoms with Crippen molar-refractivity contribution in [2.45, 2.75) is 50.3 Å². The van der Waals surface area contributed by atoms with E-state index in [9.17, 15) is 17.2 Å². The molecule has 1 aliphatic heterocycles. The molecule has 14 heteroatoms. The highest BCUT2D eigenvalue weighted by atomic mass is 32.2. The van der Waals surface area contributed by atoms with Gasteiger partial charge < -0.3 is 14.2 Å². The number of rotatable bonds is 9. The van der Waals surface area contributed by atoms with Gasteiger partial charge in [-0.15, -0.1) is 0 Å². The third-order valence-electron chi connectivity index (χ3n) is 6.44. The van der Waals surface area contributed by atoms with Crippen molar-refractivity contribution in [1.82, 2.24) is 19.7 Å². The molecule has 3 aromatic heterocycles. The fourth-order valence-corrected chi connectivity index (χ4v) is 5.63. The van der Waals surface area contributed by atoms with E-state index in [2.05, 4.69) is 15.1 Å². The molecule has 40 heavy (non-hydrogen) atoms. The van der Waals surface area contributed by atoms with Crippen LogP contribution < -0.4 is 14.2 Å². The first-order valence-electron chi connectivity index (χ1n) is 12.5. The van der Waals surface area contributed by atoms with Gasteiger partial charge in [-0.1, -0.05) is 6.92 Å². The second-order valence-electron chi connectivity index (χ2n) is 9.05. The number of halogens is 3. The van der Waals surface area contributed by atoms with Crippen LogP contribution in [0.15, 0.2) is 41.6 Å². The molecule has 1 aromatic carbocycles. The zero-order valence-corrected chi connectivity index (χ0v) is 22.5. The minimum Gasteiger partial charge on any atom is -0.487 e. The standard InChI is InChI=1S/C26H26F3N5O5S/c1-3-20-17-11-16(13-30-25(17)34(32-20)23-6-4-5-9-38-23)39-14-18-19(28)7-8-21(24(18)29)33-40(35,36)22-10-15(27)12-31-26(22)37-2/h7-8,10-13,23,33H,3-6,9,14H2,1-2H3. The fraction of sp³-hybridized carbons (Fsp3) is 0.346. The van der Waals surface area contributed by atoms with E-state index in [-0.39, 0.29) is 12.0 Å². The molecule has 0 amide bonds. The van der Waals surface area contributed by atoms with Gasteiger partial charge in [0.25, 0.3) is 10.0 Å². The van der Waals surface area contributed by atoms with Crippen LogP contribution in [-0.2, 0) is 27.8 Å². The van der Waals surface area contributed by atoms with E-state index < -0.39 is 56.1 Å². The van der Waals surface area contributed by atoms with E-state index in [1.165, 1.54) is 6.20 Å². The molecule has 4 heterocycles. The molecule has 1 saturated heterocycles. The second-order valence-corrected chi connectivity index (χ2v) is 10.7. The first-order valence-corrected chi connectivity index (χ1v) is 14.0. The van der Waals surface area contributed by atoms with E-state index >= 15 is 4.39 Å². The summed E-state index contributed by atoms with van der Waals surface area (Å²) in [6, 6.07) is 4.17. The summed E-state index contributed by atoms with van der Waals surface area (Å²) in [6.07, 6.45) is 5.44. The Morgan fingerprint density at radius 1 is 1.15 bits per heavy atom. The predicted octanol–water partition coefficient (Wildman–Crippen LogP) is 4.89. The van der Waals surface area contributed by atoms with Crippen LogP contribution >= 0.6 is 0 Å². The van der Waals surface area contributed by atoms with Crippen LogP contribution in [-0.4, -0.2) is 41.9 Å². The average molecular weight is 578 g/mol. The van der Waals surface area contributed by atoms with Crippen molar-refractivity contribution in [3.63, 3.8) is 0 Å². The van der Waals surface area contributed by atoms with E-state index in [0.717, 1.165) is 55.8 Å². The summed E-state index contributed by atoms with van der Waals surface area (Å²) in [5.74, 6) is -3.24. The topological polar surface area (TPSA) is 117 Å². The Morgan fingerprint density at radius 2 is 1.98 bits per heavy atom. The van der Waals surface area contributed by atoms with E-state index in [1.807, 2.05) is 11.6 Å². The third-order valence-corrected chi connectivity index (χ3v) is 7.80. The molecule has 1 unspecified atom stereocenters. The number of pyridine rings is 2. The van der Waals surface area contributed by atoms with Crippen molar-refractivity contribution in [3.8, 4) is 11.6 Å². The van der Waals surface area contributed by atoms with Crippen LogP contribution in [0.4, 0.5) is 18.9 Å². The highest BCUT2D eigenvalue weighted by Crippen LogP contribution is 2.31. The van der Waals surface area contributed by atoms with Gasteiger partial charge in [0.1, 0.15) is 24.0 Å². The van der Waals surface area contributed by atoms with Crippen molar-refractivity contribution in [3.05, 3.63) is 65.4 Å². The Hall–Kier alpha value is -3.91. The normalized spacial score (nSPS) is 15.8. The van der Waals surface area contributed by atoms with Gasteiger partial charge >= 0.3 is 0 Å². The molecule has 1 aliphatic rings. The summed E-state index contributed by atoms with van der Waals surface area (Å²) in [6.45, 7) is 2.04. The van der Waals surface area contributed by atoms with Crippen molar-refractivity contribution < 1.29 is 35.8 Å². The van der Waals surface area contributed by atoms with E-state index in [0.29, 0.717) is 24.7 Å².